The van der Waals surface area contributed by atoms with E-state index in [2.05, 4.69) is 15.5 Å². The van der Waals surface area contributed by atoms with E-state index in [9.17, 15) is 4.79 Å². The highest BCUT2D eigenvalue weighted by Crippen LogP contribution is 2.20. The van der Waals surface area contributed by atoms with Crippen LogP contribution in [0.2, 0.25) is 5.15 Å². The van der Waals surface area contributed by atoms with Crippen LogP contribution in [-0.4, -0.2) is 34.4 Å². The molecule has 0 saturated carbocycles. The second kappa shape index (κ2) is 6.66. The maximum absolute atomic E-state index is 11.8. The molecule has 0 atom stereocenters. The quantitative estimate of drug-likeness (QED) is 0.825. The summed E-state index contributed by atoms with van der Waals surface area (Å²) in [6.07, 6.45) is 1.57. The van der Waals surface area contributed by atoms with Gasteiger partial charge in [0.2, 0.25) is 0 Å². The molecule has 1 aromatic heterocycles. The Balaban J connectivity index is 2.48. The van der Waals surface area contributed by atoms with Gasteiger partial charge in [0.15, 0.2) is 10.8 Å². The van der Waals surface area contributed by atoms with Crippen LogP contribution in [0.25, 0.3) is 0 Å². The van der Waals surface area contributed by atoms with Gasteiger partial charge in [-0.3, -0.25) is 4.79 Å². The first-order valence-electron chi connectivity index (χ1n) is 5.83. The summed E-state index contributed by atoms with van der Waals surface area (Å²) in [6.45, 7) is 4.77. The van der Waals surface area contributed by atoms with E-state index >= 15 is 0 Å². The van der Waals surface area contributed by atoms with Crippen LogP contribution >= 0.6 is 11.6 Å². The predicted molar refractivity (Wildman–Crippen MR) is 69.5 cm³/mol. The lowest BCUT2D eigenvalue weighted by molar-refractivity contribution is 0.0927. The van der Waals surface area contributed by atoms with Crippen LogP contribution in [0.15, 0.2) is 12.1 Å². The van der Waals surface area contributed by atoms with Crippen molar-refractivity contribution in [3.63, 3.8) is 0 Å². The molecular formula is C12H18ClN3O2. The van der Waals surface area contributed by atoms with Gasteiger partial charge < -0.3 is 10.4 Å². The highest BCUT2D eigenvalue weighted by Gasteiger charge is 2.19. The van der Waals surface area contributed by atoms with Crippen LogP contribution in [0, 0.1) is 5.41 Å². The van der Waals surface area contributed by atoms with E-state index in [-0.39, 0.29) is 28.8 Å². The molecule has 2 N–H and O–H groups in total. The third-order valence-corrected chi connectivity index (χ3v) is 2.81. The summed E-state index contributed by atoms with van der Waals surface area (Å²) in [6, 6.07) is 3.06. The standard InChI is InChI=1S/C12H18ClN3O2/c1-12(2,6-3-7-17)8-14-11(18)9-4-5-10(13)16-15-9/h4-5,17H,3,6-8H2,1-2H3,(H,14,18). The van der Waals surface area contributed by atoms with Crippen molar-refractivity contribution in [2.45, 2.75) is 26.7 Å². The molecule has 0 aromatic carbocycles. The minimum Gasteiger partial charge on any atom is -0.396 e. The van der Waals surface area contributed by atoms with E-state index in [0.29, 0.717) is 6.54 Å². The summed E-state index contributed by atoms with van der Waals surface area (Å²) in [5.41, 5.74) is 0.190. The van der Waals surface area contributed by atoms with Crippen molar-refractivity contribution in [3.05, 3.63) is 23.0 Å². The van der Waals surface area contributed by atoms with Crippen molar-refractivity contribution in [2.75, 3.05) is 13.2 Å². The maximum atomic E-state index is 11.8. The number of nitrogens with one attached hydrogen (secondary N) is 1. The number of carbonyl (C=O) groups is 1. The monoisotopic (exact) mass is 271 g/mol. The lowest BCUT2D eigenvalue weighted by atomic mass is 9.88. The second-order valence-corrected chi connectivity index (χ2v) is 5.30. The van der Waals surface area contributed by atoms with Crippen molar-refractivity contribution in [1.29, 1.82) is 0 Å². The maximum Gasteiger partial charge on any atom is 0.271 e. The van der Waals surface area contributed by atoms with Gasteiger partial charge in [-0.15, -0.1) is 10.2 Å². The molecule has 0 spiro atoms. The lowest BCUT2D eigenvalue weighted by Gasteiger charge is -2.24. The smallest absolute Gasteiger partial charge is 0.271 e. The lowest BCUT2D eigenvalue weighted by Crippen LogP contribution is -2.34. The molecule has 1 rings (SSSR count). The summed E-state index contributed by atoms with van der Waals surface area (Å²) in [5.74, 6) is -0.267. The summed E-state index contributed by atoms with van der Waals surface area (Å²) in [4.78, 5) is 11.8. The number of hydrogen-bond donors (Lipinski definition) is 2. The molecule has 1 aromatic rings. The van der Waals surface area contributed by atoms with Gasteiger partial charge in [-0.25, -0.2) is 0 Å². The molecule has 0 bridgehead atoms. The average Bonchev–Trinajstić information content (AvgIpc) is 2.35. The first-order valence-corrected chi connectivity index (χ1v) is 6.21. The molecule has 0 aliphatic carbocycles. The second-order valence-electron chi connectivity index (χ2n) is 4.92. The molecular weight excluding hydrogens is 254 g/mol. The van der Waals surface area contributed by atoms with Crippen LogP contribution in [0.3, 0.4) is 0 Å². The highest BCUT2D eigenvalue weighted by molar-refractivity contribution is 6.29. The Morgan fingerprint density at radius 2 is 2.17 bits per heavy atom. The first-order chi connectivity index (χ1) is 8.44. The predicted octanol–water partition coefficient (Wildman–Crippen LogP) is 1.66. The first kappa shape index (κ1) is 14.9. The van der Waals surface area contributed by atoms with Crippen molar-refractivity contribution >= 4 is 17.5 Å². The van der Waals surface area contributed by atoms with Crippen molar-refractivity contribution in [1.82, 2.24) is 15.5 Å². The molecule has 5 nitrogen and oxygen atoms in total. The van der Waals surface area contributed by atoms with Crippen LogP contribution in [0.4, 0.5) is 0 Å². The summed E-state index contributed by atoms with van der Waals surface area (Å²) < 4.78 is 0. The molecule has 0 unspecified atom stereocenters. The number of aliphatic hydroxyl groups excluding tert-OH is 1. The number of hydrogen-bond acceptors (Lipinski definition) is 4. The van der Waals surface area contributed by atoms with E-state index in [1.807, 2.05) is 13.8 Å². The zero-order chi connectivity index (χ0) is 13.6. The van der Waals surface area contributed by atoms with Gasteiger partial charge in [0.05, 0.1) is 0 Å². The fraction of sp³-hybridized carbons (Fsp3) is 0.583. The largest absolute Gasteiger partial charge is 0.396 e. The zero-order valence-electron chi connectivity index (χ0n) is 10.6. The molecule has 100 valence electrons. The summed E-state index contributed by atoms with van der Waals surface area (Å²) in [5, 5.41) is 19.2. The van der Waals surface area contributed by atoms with Gasteiger partial charge in [0.1, 0.15) is 0 Å². The number of aromatic nitrogens is 2. The third-order valence-electron chi connectivity index (χ3n) is 2.60. The third kappa shape index (κ3) is 4.98. The van der Waals surface area contributed by atoms with Gasteiger partial charge in [-0.05, 0) is 30.4 Å². The van der Waals surface area contributed by atoms with Crippen LogP contribution in [0.1, 0.15) is 37.2 Å². The van der Waals surface area contributed by atoms with Crippen molar-refractivity contribution in [3.8, 4) is 0 Å². The Labute approximate surface area is 112 Å². The Morgan fingerprint density at radius 1 is 1.44 bits per heavy atom. The summed E-state index contributed by atoms with van der Waals surface area (Å²) >= 11 is 5.59. The van der Waals surface area contributed by atoms with Gasteiger partial charge in [-0.1, -0.05) is 25.4 Å². The molecule has 0 aliphatic rings. The molecule has 1 heterocycles. The van der Waals surface area contributed by atoms with Crippen LogP contribution < -0.4 is 5.32 Å². The number of halogens is 1. The number of aliphatic hydroxyl groups is 1. The van der Waals surface area contributed by atoms with E-state index in [0.717, 1.165) is 12.8 Å². The Hall–Kier alpha value is -1.20. The molecule has 6 heteroatoms. The number of carbonyl (C=O) groups excluding carboxylic acids is 1. The number of rotatable bonds is 6. The molecule has 0 radical (unpaired) electrons. The van der Waals surface area contributed by atoms with Crippen molar-refractivity contribution in [2.24, 2.45) is 5.41 Å². The van der Waals surface area contributed by atoms with E-state index in [1.54, 1.807) is 0 Å². The topological polar surface area (TPSA) is 75.1 Å². The number of amides is 1. The average molecular weight is 272 g/mol. The molecule has 0 saturated heterocycles. The van der Waals surface area contributed by atoms with E-state index < -0.39 is 0 Å². The van der Waals surface area contributed by atoms with Crippen LogP contribution in [-0.2, 0) is 0 Å². The molecule has 18 heavy (non-hydrogen) atoms. The van der Waals surface area contributed by atoms with E-state index in [4.69, 9.17) is 16.7 Å². The van der Waals surface area contributed by atoms with Gasteiger partial charge in [-0.2, -0.15) is 0 Å². The summed E-state index contributed by atoms with van der Waals surface area (Å²) in [7, 11) is 0. The normalized spacial score (nSPS) is 11.3. The Bertz CT molecular complexity index is 393. The Kier molecular flexibility index (Phi) is 5.50. The minimum absolute atomic E-state index is 0.0573. The van der Waals surface area contributed by atoms with E-state index in [1.165, 1.54) is 12.1 Å². The molecule has 1 amide bonds. The minimum atomic E-state index is -0.267. The van der Waals surface area contributed by atoms with Crippen LogP contribution in [0.5, 0.6) is 0 Å². The van der Waals surface area contributed by atoms with Gasteiger partial charge in [0.25, 0.3) is 5.91 Å². The SMILES string of the molecule is CC(C)(CCCO)CNC(=O)c1ccc(Cl)nn1. The zero-order valence-corrected chi connectivity index (χ0v) is 11.4. The fourth-order valence-electron chi connectivity index (χ4n) is 1.49. The Morgan fingerprint density at radius 3 is 2.72 bits per heavy atom. The van der Waals surface area contributed by atoms with Gasteiger partial charge >= 0.3 is 0 Å². The van der Waals surface area contributed by atoms with Gasteiger partial charge in [0, 0.05) is 13.2 Å². The van der Waals surface area contributed by atoms with Crippen molar-refractivity contribution < 1.29 is 9.90 Å². The highest BCUT2D eigenvalue weighted by atomic mass is 35.5. The fourth-order valence-corrected chi connectivity index (χ4v) is 1.59. The molecule has 0 fully saturated rings. The molecule has 0 aliphatic heterocycles. The number of nitrogens with zero attached hydrogens (tertiary/aromatic N) is 2.